The third-order valence-corrected chi connectivity index (χ3v) is 4.49. The monoisotopic (exact) mass is 368 g/mol. The van der Waals surface area contributed by atoms with E-state index >= 15 is 0 Å². The lowest BCUT2D eigenvalue weighted by Gasteiger charge is -2.30. The molecule has 1 aliphatic heterocycles. The summed E-state index contributed by atoms with van der Waals surface area (Å²) in [5, 5.41) is 0. The van der Waals surface area contributed by atoms with Gasteiger partial charge in [0.15, 0.2) is 0 Å². The molecule has 1 aromatic heterocycles. The molecule has 6 nitrogen and oxygen atoms in total. The Morgan fingerprint density at radius 3 is 2.52 bits per heavy atom. The number of ether oxygens (including phenoxy) is 2. The second-order valence-electron chi connectivity index (χ2n) is 6.37. The number of nitrogens with zero attached hydrogens (tertiary/aromatic N) is 2. The van der Waals surface area contributed by atoms with Crippen molar-refractivity contribution in [1.82, 2.24) is 9.88 Å². The summed E-state index contributed by atoms with van der Waals surface area (Å²) in [6.07, 6.45) is 3.63. The second-order valence-corrected chi connectivity index (χ2v) is 6.37. The predicted octanol–water partition coefficient (Wildman–Crippen LogP) is 3.39. The van der Waals surface area contributed by atoms with Crippen molar-refractivity contribution in [2.75, 3.05) is 19.7 Å². The van der Waals surface area contributed by atoms with Crippen molar-refractivity contribution in [3.8, 4) is 5.88 Å². The zero-order valence-corrected chi connectivity index (χ0v) is 15.5. The van der Waals surface area contributed by atoms with Gasteiger partial charge in [0, 0.05) is 24.8 Å². The van der Waals surface area contributed by atoms with Crippen LogP contribution in [0.4, 0.5) is 0 Å². The van der Waals surface area contributed by atoms with Crippen LogP contribution in [-0.2, 0) is 9.53 Å². The molecule has 1 aromatic carbocycles. The molecule has 27 heavy (non-hydrogen) atoms. The number of hydrogen-bond donors (Lipinski definition) is 0. The normalized spacial score (nSPS) is 15.1. The van der Waals surface area contributed by atoms with E-state index in [-0.39, 0.29) is 17.4 Å². The van der Waals surface area contributed by atoms with Crippen molar-refractivity contribution in [1.29, 1.82) is 0 Å². The molecule has 1 atom stereocenters. The molecule has 142 valence electrons. The van der Waals surface area contributed by atoms with E-state index in [1.807, 2.05) is 25.1 Å². The van der Waals surface area contributed by atoms with Gasteiger partial charge in [-0.05, 0) is 38.3 Å². The molecular weight excluding hydrogens is 344 g/mol. The number of amides is 1. The van der Waals surface area contributed by atoms with Crippen LogP contribution in [0.5, 0.6) is 5.88 Å². The smallest absolute Gasteiger partial charge is 0.344 e. The molecule has 3 rings (SSSR count). The third kappa shape index (κ3) is 4.64. The first-order valence-electron chi connectivity index (χ1n) is 9.33. The van der Waals surface area contributed by atoms with Crippen LogP contribution in [0.25, 0.3) is 0 Å². The van der Waals surface area contributed by atoms with Gasteiger partial charge in [0.1, 0.15) is 5.56 Å². The summed E-state index contributed by atoms with van der Waals surface area (Å²) in [6, 6.07) is 12.3. The van der Waals surface area contributed by atoms with Gasteiger partial charge >= 0.3 is 5.97 Å². The van der Waals surface area contributed by atoms with Crippen molar-refractivity contribution < 1.29 is 19.1 Å². The van der Waals surface area contributed by atoms with Crippen LogP contribution in [0.15, 0.2) is 48.7 Å². The predicted molar refractivity (Wildman–Crippen MR) is 100 cm³/mol. The first-order valence-corrected chi connectivity index (χ1v) is 9.33. The molecule has 2 aromatic rings. The standard InChI is InChI=1S/C21H24N2O4/c1-2-26-19-17(12-9-13-22-19)21(25)27-18(16-10-5-3-6-11-16)20(24)23-14-7-4-8-15-23/h3,5-6,9-13,18H,2,4,7-8,14-15H2,1H3. The summed E-state index contributed by atoms with van der Waals surface area (Å²) >= 11 is 0. The Morgan fingerprint density at radius 1 is 1.07 bits per heavy atom. The van der Waals surface area contributed by atoms with E-state index in [2.05, 4.69) is 4.98 Å². The maximum atomic E-state index is 13.1. The average Bonchev–Trinajstić information content (AvgIpc) is 2.73. The second kappa shape index (κ2) is 9.16. The molecule has 0 bridgehead atoms. The summed E-state index contributed by atoms with van der Waals surface area (Å²) in [7, 11) is 0. The maximum Gasteiger partial charge on any atom is 0.344 e. The van der Waals surface area contributed by atoms with E-state index in [4.69, 9.17) is 9.47 Å². The molecule has 1 amide bonds. The number of aromatic nitrogens is 1. The largest absolute Gasteiger partial charge is 0.477 e. The number of esters is 1. The number of hydrogen-bond acceptors (Lipinski definition) is 5. The average molecular weight is 368 g/mol. The molecule has 0 N–H and O–H groups in total. The van der Waals surface area contributed by atoms with E-state index in [0.29, 0.717) is 25.3 Å². The number of carbonyl (C=O) groups excluding carboxylic acids is 2. The molecule has 1 fully saturated rings. The zero-order valence-electron chi connectivity index (χ0n) is 15.5. The van der Waals surface area contributed by atoms with Gasteiger partial charge in [0.25, 0.3) is 5.91 Å². The zero-order chi connectivity index (χ0) is 19.1. The van der Waals surface area contributed by atoms with E-state index in [1.165, 1.54) is 0 Å². The van der Waals surface area contributed by atoms with Gasteiger partial charge in [0.2, 0.25) is 12.0 Å². The SMILES string of the molecule is CCOc1ncccc1C(=O)OC(C(=O)N1CCCCC1)c1ccccc1. The topological polar surface area (TPSA) is 68.7 Å². The highest BCUT2D eigenvalue weighted by atomic mass is 16.6. The molecule has 0 aliphatic carbocycles. The molecule has 0 spiro atoms. The molecule has 1 unspecified atom stereocenters. The number of carbonyl (C=O) groups is 2. The summed E-state index contributed by atoms with van der Waals surface area (Å²) in [5.41, 5.74) is 0.870. The fraction of sp³-hybridized carbons (Fsp3) is 0.381. The van der Waals surface area contributed by atoms with Gasteiger partial charge in [-0.15, -0.1) is 0 Å². The minimum atomic E-state index is -0.980. The van der Waals surface area contributed by atoms with Gasteiger partial charge in [-0.2, -0.15) is 0 Å². The minimum absolute atomic E-state index is 0.184. The Balaban J connectivity index is 1.85. The molecule has 6 heteroatoms. The van der Waals surface area contributed by atoms with E-state index in [9.17, 15) is 9.59 Å². The Hall–Kier alpha value is -2.89. The Morgan fingerprint density at radius 2 is 1.81 bits per heavy atom. The first kappa shape index (κ1) is 18.9. The van der Waals surface area contributed by atoms with Crippen molar-refractivity contribution in [2.45, 2.75) is 32.3 Å². The Labute approximate surface area is 159 Å². The van der Waals surface area contributed by atoms with Gasteiger partial charge in [-0.3, -0.25) is 4.79 Å². The lowest BCUT2D eigenvalue weighted by atomic mass is 10.1. The van der Waals surface area contributed by atoms with Crippen molar-refractivity contribution in [3.63, 3.8) is 0 Å². The van der Waals surface area contributed by atoms with Crippen LogP contribution in [-0.4, -0.2) is 41.5 Å². The van der Waals surface area contributed by atoms with Crippen molar-refractivity contribution >= 4 is 11.9 Å². The molecule has 2 heterocycles. The highest BCUT2D eigenvalue weighted by Gasteiger charge is 2.31. The fourth-order valence-corrected chi connectivity index (χ4v) is 3.14. The molecule has 1 saturated heterocycles. The van der Waals surface area contributed by atoms with Crippen LogP contribution < -0.4 is 4.74 Å². The highest BCUT2D eigenvalue weighted by Crippen LogP contribution is 2.25. The Kier molecular flexibility index (Phi) is 6.41. The minimum Gasteiger partial charge on any atom is -0.477 e. The molecule has 0 radical (unpaired) electrons. The number of benzene rings is 1. The van der Waals surface area contributed by atoms with Crippen LogP contribution >= 0.6 is 0 Å². The van der Waals surface area contributed by atoms with Gasteiger partial charge in [0.05, 0.1) is 6.61 Å². The molecular formula is C21H24N2O4. The number of pyridine rings is 1. The third-order valence-electron chi connectivity index (χ3n) is 4.49. The van der Waals surface area contributed by atoms with Crippen LogP contribution in [0.3, 0.4) is 0 Å². The molecule has 1 aliphatic rings. The lowest BCUT2D eigenvalue weighted by Crippen LogP contribution is -2.40. The quantitative estimate of drug-likeness (QED) is 0.731. The van der Waals surface area contributed by atoms with Gasteiger partial charge in [-0.1, -0.05) is 30.3 Å². The Bertz CT molecular complexity index is 773. The first-order chi connectivity index (χ1) is 13.2. The number of likely N-dealkylation sites (tertiary alicyclic amines) is 1. The summed E-state index contributed by atoms with van der Waals surface area (Å²) < 4.78 is 11.1. The van der Waals surface area contributed by atoms with Gasteiger partial charge < -0.3 is 14.4 Å². The van der Waals surface area contributed by atoms with Crippen LogP contribution in [0.1, 0.15) is 48.2 Å². The van der Waals surface area contributed by atoms with Crippen molar-refractivity contribution in [2.24, 2.45) is 0 Å². The number of piperidine rings is 1. The number of rotatable bonds is 6. The molecule has 0 saturated carbocycles. The lowest BCUT2D eigenvalue weighted by molar-refractivity contribution is -0.142. The van der Waals surface area contributed by atoms with Gasteiger partial charge in [-0.25, -0.2) is 9.78 Å². The highest BCUT2D eigenvalue weighted by molar-refractivity contribution is 5.94. The van der Waals surface area contributed by atoms with Crippen LogP contribution in [0, 0.1) is 0 Å². The summed E-state index contributed by atoms with van der Waals surface area (Å²) in [4.78, 5) is 31.7. The van der Waals surface area contributed by atoms with Crippen LogP contribution in [0.2, 0.25) is 0 Å². The summed E-state index contributed by atoms with van der Waals surface area (Å²) in [6.45, 7) is 3.58. The fourth-order valence-electron chi connectivity index (χ4n) is 3.14. The van der Waals surface area contributed by atoms with Crippen molar-refractivity contribution in [3.05, 3.63) is 59.8 Å². The summed E-state index contributed by atoms with van der Waals surface area (Å²) in [5.74, 6) is -0.593. The van der Waals surface area contributed by atoms with E-state index in [1.54, 1.807) is 35.4 Å². The van der Waals surface area contributed by atoms with E-state index in [0.717, 1.165) is 19.3 Å². The maximum absolute atomic E-state index is 13.1. The van der Waals surface area contributed by atoms with E-state index < -0.39 is 12.1 Å².